The summed E-state index contributed by atoms with van der Waals surface area (Å²) in [7, 11) is 1.83. The van der Waals surface area contributed by atoms with E-state index in [1.807, 2.05) is 74.8 Å². The van der Waals surface area contributed by atoms with Crippen molar-refractivity contribution < 1.29 is 9.84 Å². The van der Waals surface area contributed by atoms with Gasteiger partial charge in [-0.1, -0.05) is 42.5 Å². The maximum absolute atomic E-state index is 10.8. The molecule has 0 radical (unpaired) electrons. The molecule has 1 heterocycles. The van der Waals surface area contributed by atoms with Crippen LogP contribution in [-0.4, -0.2) is 33.9 Å². The molecule has 2 aromatic carbocycles. The molecule has 0 aliphatic carbocycles. The minimum absolute atomic E-state index is 0. The molecular weight excluding hydrogens is 517 g/mol. The van der Waals surface area contributed by atoms with Crippen LogP contribution < -0.4 is 15.4 Å². The molecule has 172 valence electrons. The lowest BCUT2D eigenvalue weighted by Gasteiger charge is -2.23. The molecule has 0 aliphatic rings. The van der Waals surface area contributed by atoms with Crippen molar-refractivity contribution in [2.45, 2.75) is 32.6 Å². The number of nitrogens with one attached hydrogen (secondary N) is 2. The van der Waals surface area contributed by atoms with Crippen LogP contribution in [0.2, 0.25) is 0 Å². The molecule has 0 aliphatic heterocycles. The standard InChI is InChI=1S/C24H31N5O2.HI/c1-4-25-23(27-18-24(2,30)21-15-28-29(3)16-21)26-14-19-10-12-22(13-11-19)31-17-20-8-6-5-7-9-20;/h5-13,15-16,30H,4,14,17-18H2,1-3H3,(H2,25,26,27);1H. The molecule has 0 bridgehead atoms. The van der Waals surface area contributed by atoms with Gasteiger partial charge in [0.1, 0.15) is 18.0 Å². The van der Waals surface area contributed by atoms with Crippen LogP contribution in [0.5, 0.6) is 5.75 Å². The van der Waals surface area contributed by atoms with Gasteiger partial charge in [-0.2, -0.15) is 5.10 Å². The zero-order chi connectivity index (χ0) is 22.1. The maximum atomic E-state index is 10.8. The molecule has 1 unspecified atom stereocenters. The summed E-state index contributed by atoms with van der Waals surface area (Å²) >= 11 is 0. The van der Waals surface area contributed by atoms with E-state index in [-0.39, 0.29) is 24.0 Å². The molecule has 1 aromatic heterocycles. The predicted molar refractivity (Wildman–Crippen MR) is 138 cm³/mol. The van der Waals surface area contributed by atoms with E-state index in [0.717, 1.165) is 29.0 Å². The smallest absolute Gasteiger partial charge is 0.191 e. The highest BCUT2D eigenvalue weighted by molar-refractivity contribution is 14.0. The van der Waals surface area contributed by atoms with E-state index in [0.29, 0.717) is 25.7 Å². The first-order valence-corrected chi connectivity index (χ1v) is 10.5. The van der Waals surface area contributed by atoms with E-state index in [1.54, 1.807) is 17.8 Å². The van der Waals surface area contributed by atoms with Crippen LogP contribution in [0.15, 0.2) is 72.0 Å². The topological polar surface area (TPSA) is 83.7 Å². The third-order valence-electron chi connectivity index (χ3n) is 4.86. The molecule has 8 heteroatoms. The van der Waals surface area contributed by atoms with Gasteiger partial charge in [0, 0.05) is 25.4 Å². The van der Waals surface area contributed by atoms with Gasteiger partial charge >= 0.3 is 0 Å². The zero-order valence-corrected chi connectivity index (χ0v) is 21.1. The molecule has 0 amide bonds. The number of aromatic nitrogens is 2. The quantitative estimate of drug-likeness (QED) is 0.216. The van der Waals surface area contributed by atoms with E-state index in [1.165, 1.54) is 0 Å². The van der Waals surface area contributed by atoms with E-state index < -0.39 is 5.60 Å². The number of hydrogen-bond acceptors (Lipinski definition) is 4. The minimum atomic E-state index is -1.05. The average Bonchev–Trinajstić information content (AvgIpc) is 3.23. The number of benzene rings is 2. The van der Waals surface area contributed by atoms with Crippen LogP contribution in [0.4, 0.5) is 0 Å². The van der Waals surface area contributed by atoms with Gasteiger partial charge in [-0.3, -0.25) is 4.68 Å². The second kappa shape index (κ2) is 12.4. The molecule has 0 saturated heterocycles. The Morgan fingerprint density at radius 2 is 1.81 bits per heavy atom. The molecule has 0 saturated carbocycles. The molecule has 0 fully saturated rings. The van der Waals surface area contributed by atoms with Crippen LogP contribution in [0.3, 0.4) is 0 Å². The van der Waals surface area contributed by atoms with Gasteiger partial charge in [-0.25, -0.2) is 4.99 Å². The van der Waals surface area contributed by atoms with Crippen LogP contribution >= 0.6 is 24.0 Å². The van der Waals surface area contributed by atoms with Gasteiger partial charge in [-0.15, -0.1) is 24.0 Å². The van der Waals surface area contributed by atoms with Crippen LogP contribution in [-0.2, 0) is 25.8 Å². The van der Waals surface area contributed by atoms with Gasteiger partial charge < -0.3 is 20.5 Å². The van der Waals surface area contributed by atoms with Crippen LogP contribution in [0.1, 0.15) is 30.5 Å². The zero-order valence-electron chi connectivity index (χ0n) is 18.8. The van der Waals surface area contributed by atoms with Crippen LogP contribution in [0, 0.1) is 0 Å². The fraction of sp³-hybridized carbons (Fsp3) is 0.333. The molecule has 3 rings (SSSR count). The number of hydrogen-bond donors (Lipinski definition) is 3. The van der Waals surface area contributed by atoms with Crippen molar-refractivity contribution in [3.63, 3.8) is 0 Å². The first kappa shape index (κ1) is 25.7. The average molecular weight is 549 g/mol. The lowest BCUT2D eigenvalue weighted by molar-refractivity contribution is 0.0616. The van der Waals surface area contributed by atoms with E-state index in [2.05, 4.69) is 20.7 Å². The van der Waals surface area contributed by atoms with E-state index in [9.17, 15) is 5.11 Å². The number of guanidine groups is 1. The number of aliphatic imine (C=N–C) groups is 1. The molecule has 32 heavy (non-hydrogen) atoms. The van der Waals surface area contributed by atoms with Crippen LogP contribution in [0.25, 0.3) is 0 Å². The van der Waals surface area contributed by atoms with Crippen molar-refractivity contribution in [2.75, 3.05) is 13.1 Å². The molecule has 3 N–H and O–H groups in total. The fourth-order valence-corrected chi connectivity index (χ4v) is 3.00. The molecular formula is C24H32IN5O2. The second-order valence-corrected chi connectivity index (χ2v) is 7.64. The molecule has 1 atom stereocenters. The summed E-state index contributed by atoms with van der Waals surface area (Å²) in [4.78, 5) is 4.63. The number of aliphatic hydroxyl groups is 1. The van der Waals surface area contributed by atoms with Crippen molar-refractivity contribution in [1.82, 2.24) is 20.4 Å². The first-order chi connectivity index (χ1) is 15.0. The Balaban J connectivity index is 0.00000363. The van der Waals surface area contributed by atoms with Crippen molar-refractivity contribution in [3.8, 4) is 5.75 Å². The third kappa shape index (κ3) is 7.83. The number of halogens is 1. The van der Waals surface area contributed by atoms with Gasteiger partial charge in [-0.05, 0) is 37.1 Å². The number of nitrogens with zero attached hydrogens (tertiary/aromatic N) is 3. The summed E-state index contributed by atoms with van der Waals surface area (Å²) in [5, 5.41) is 21.3. The number of rotatable bonds is 9. The lowest BCUT2D eigenvalue weighted by Crippen LogP contribution is -2.44. The maximum Gasteiger partial charge on any atom is 0.191 e. The van der Waals surface area contributed by atoms with Gasteiger partial charge in [0.05, 0.1) is 19.3 Å². The fourth-order valence-electron chi connectivity index (χ4n) is 3.00. The Morgan fingerprint density at radius 3 is 2.44 bits per heavy atom. The molecule has 0 spiro atoms. The van der Waals surface area contributed by atoms with Gasteiger partial charge in [0.25, 0.3) is 0 Å². The lowest BCUT2D eigenvalue weighted by atomic mass is 10.00. The summed E-state index contributed by atoms with van der Waals surface area (Å²) in [6.07, 6.45) is 3.49. The highest BCUT2D eigenvalue weighted by atomic mass is 127. The van der Waals surface area contributed by atoms with Gasteiger partial charge in [0.2, 0.25) is 0 Å². The Hall–Kier alpha value is -2.59. The Kier molecular flexibility index (Phi) is 9.98. The first-order valence-electron chi connectivity index (χ1n) is 10.5. The van der Waals surface area contributed by atoms with Crippen molar-refractivity contribution in [3.05, 3.63) is 83.7 Å². The van der Waals surface area contributed by atoms with Crippen molar-refractivity contribution in [1.29, 1.82) is 0 Å². The number of aryl methyl sites for hydroxylation is 1. The Morgan fingerprint density at radius 1 is 1.09 bits per heavy atom. The summed E-state index contributed by atoms with van der Waals surface area (Å²) in [5.74, 6) is 1.48. The predicted octanol–water partition coefficient (Wildman–Crippen LogP) is 3.58. The second-order valence-electron chi connectivity index (χ2n) is 7.64. The summed E-state index contributed by atoms with van der Waals surface area (Å²) in [5.41, 5.74) is 1.91. The van der Waals surface area contributed by atoms with Gasteiger partial charge in [0.15, 0.2) is 5.96 Å². The number of ether oxygens (including phenoxy) is 1. The molecule has 3 aromatic rings. The van der Waals surface area contributed by atoms with Crippen molar-refractivity contribution in [2.24, 2.45) is 12.0 Å². The highest BCUT2D eigenvalue weighted by Crippen LogP contribution is 2.18. The Bertz CT molecular complexity index is 972. The third-order valence-corrected chi connectivity index (χ3v) is 4.86. The summed E-state index contributed by atoms with van der Waals surface area (Å²) in [6.45, 7) is 5.88. The normalized spacial score (nSPS) is 13.1. The highest BCUT2D eigenvalue weighted by Gasteiger charge is 2.24. The van der Waals surface area contributed by atoms with Crippen molar-refractivity contribution >= 4 is 29.9 Å². The SMILES string of the molecule is CCNC(=NCc1ccc(OCc2ccccc2)cc1)NCC(C)(O)c1cnn(C)c1.I. The minimum Gasteiger partial charge on any atom is -0.489 e. The van der Waals surface area contributed by atoms with E-state index in [4.69, 9.17) is 4.74 Å². The Labute approximate surface area is 206 Å². The monoisotopic (exact) mass is 549 g/mol. The molecule has 7 nitrogen and oxygen atoms in total. The van der Waals surface area contributed by atoms with E-state index >= 15 is 0 Å². The summed E-state index contributed by atoms with van der Waals surface area (Å²) in [6, 6.07) is 18.0. The largest absolute Gasteiger partial charge is 0.489 e. The summed E-state index contributed by atoms with van der Waals surface area (Å²) < 4.78 is 7.51.